The minimum Gasteiger partial charge on any atom is -0.508 e. The summed E-state index contributed by atoms with van der Waals surface area (Å²) < 4.78 is 0. The van der Waals surface area contributed by atoms with E-state index in [1.165, 1.54) is 0 Å². The summed E-state index contributed by atoms with van der Waals surface area (Å²) in [5.41, 5.74) is 7.41. The van der Waals surface area contributed by atoms with E-state index in [-0.39, 0.29) is 22.7 Å². The Balaban J connectivity index is 0.000000980. The first-order valence-corrected chi connectivity index (χ1v) is 3.85. The van der Waals surface area contributed by atoms with Crippen LogP contribution in [0.15, 0.2) is 30.5 Å². The number of benzene rings is 1. The molecule has 0 saturated heterocycles. The molecule has 0 aliphatic heterocycles. The Morgan fingerprint density at radius 3 is 2.36 bits per heavy atom. The number of phenols is 1. The van der Waals surface area contributed by atoms with Gasteiger partial charge in [0.05, 0.1) is 6.20 Å². The van der Waals surface area contributed by atoms with Crippen LogP contribution in [0, 0.1) is 0 Å². The molecule has 2 aromatic rings. The van der Waals surface area contributed by atoms with E-state index in [2.05, 4.69) is 10.2 Å². The number of anilines is 1. The number of aromatic hydroxyl groups is 1. The second-order valence-electron chi connectivity index (χ2n) is 2.74. The van der Waals surface area contributed by atoms with Crippen molar-refractivity contribution in [2.75, 3.05) is 5.73 Å². The van der Waals surface area contributed by atoms with Crippen molar-refractivity contribution in [1.29, 1.82) is 0 Å². The molecule has 0 radical (unpaired) electrons. The van der Waals surface area contributed by atoms with E-state index in [9.17, 15) is 0 Å². The third kappa shape index (κ3) is 1.88. The van der Waals surface area contributed by atoms with Gasteiger partial charge in [0, 0.05) is 5.56 Å². The van der Waals surface area contributed by atoms with Crippen LogP contribution < -0.4 is 5.73 Å². The number of nitrogens with one attached hydrogen (secondary N) is 1. The van der Waals surface area contributed by atoms with Gasteiger partial charge >= 0.3 is 0 Å². The van der Waals surface area contributed by atoms with Gasteiger partial charge in [-0.15, -0.1) is 17.0 Å². The highest BCUT2D eigenvalue weighted by Crippen LogP contribution is 2.24. The zero-order valence-corrected chi connectivity index (χ0v) is 8.98. The van der Waals surface area contributed by atoms with Crippen molar-refractivity contribution in [3.8, 4) is 16.9 Å². The van der Waals surface area contributed by atoms with E-state index < -0.39 is 0 Å². The van der Waals surface area contributed by atoms with Crippen LogP contribution in [0.25, 0.3) is 11.1 Å². The van der Waals surface area contributed by atoms with E-state index in [0.29, 0.717) is 5.82 Å². The summed E-state index contributed by atoms with van der Waals surface area (Å²) in [6.07, 6.45) is 1.65. The molecule has 0 atom stereocenters. The van der Waals surface area contributed by atoms with Crippen LogP contribution in [0.2, 0.25) is 0 Å². The number of halogens is 1. The molecule has 0 fully saturated rings. The molecule has 0 unspecified atom stereocenters. The van der Waals surface area contributed by atoms with Gasteiger partial charge in [0.1, 0.15) is 11.6 Å². The van der Waals surface area contributed by atoms with Crippen LogP contribution in [-0.2, 0) is 0 Å². The van der Waals surface area contributed by atoms with Crippen LogP contribution in [0.1, 0.15) is 0 Å². The van der Waals surface area contributed by atoms with Crippen molar-refractivity contribution in [2.45, 2.75) is 0 Å². The number of aromatic nitrogens is 2. The number of rotatable bonds is 1. The lowest BCUT2D eigenvalue weighted by Crippen LogP contribution is -1.86. The Bertz CT molecular complexity index is 410. The van der Waals surface area contributed by atoms with Gasteiger partial charge < -0.3 is 10.8 Å². The summed E-state index contributed by atoms with van der Waals surface area (Å²) in [6.45, 7) is 0. The fraction of sp³-hybridized carbons (Fsp3) is 0. The molecule has 4 N–H and O–H groups in total. The summed E-state index contributed by atoms with van der Waals surface area (Å²) in [6, 6.07) is 6.80. The van der Waals surface area contributed by atoms with Gasteiger partial charge in [-0.2, -0.15) is 5.10 Å². The van der Waals surface area contributed by atoms with Gasteiger partial charge in [0.2, 0.25) is 0 Å². The lowest BCUT2D eigenvalue weighted by molar-refractivity contribution is 0.475. The Morgan fingerprint density at radius 2 is 1.86 bits per heavy atom. The summed E-state index contributed by atoms with van der Waals surface area (Å²) >= 11 is 0. The van der Waals surface area contributed by atoms with E-state index in [4.69, 9.17) is 10.8 Å². The molecule has 0 amide bonds. The van der Waals surface area contributed by atoms with E-state index >= 15 is 0 Å². The fourth-order valence-electron chi connectivity index (χ4n) is 1.17. The molecule has 1 aromatic carbocycles. The van der Waals surface area contributed by atoms with Crippen LogP contribution in [0.4, 0.5) is 5.82 Å². The second kappa shape index (κ2) is 4.15. The maximum atomic E-state index is 9.07. The van der Waals surface area contributed by atoms with Gasteiger partial charge in [-0.25, -0.2) is 0 Å². The van der Waals surface area contributed by atoms with E-state index in [1.807, 2.05) is 0 Å². The van der Waals surface area contributed by atoms with Crippen LogP contribution in [0.3, 0.4) is 0 Å². The molecule has 5 heteroatoms. The number of nitrogen functional groups attached to an aromatic ring is 1. The summed E-state index contributed by atoms with van der Waals surface area (Å²) in [5, 5.41) is 15.5. The van der Waals surface area contributed by atoms with Crippen LogP contribution in [-0.4, -0.2) is 15.3 Å². The molecule has 0 aliphatic rings. The first kappa shape index (κ1) is 10.6. The standard InChI is InChI=1S/C9H9N3O.BrH/c10-9-8(5-11-12-9)6-1-3-7(13)4-2-6;/h1-5,13H,(H3,10,11,12);1H. The highest BCUT2D eigenvalue weighted by Gasteiger charge is 2.03. The van der Waals surface area contributed by atoms with Gasteiger partial charge in [-0.3, -0.25) is 5.10 Å². The molecular formula is C9H10BrN3O. The minimum atomic E-state index is 0. The Morgan fingerprint density at radius 1 is 1.21 bits per heavy atom. The average Bonchev–Trinajstić information content (AvgIpc) is 2.53. The number of hydrogen-bond donors (Lipinski definition) is 3. The van der Waals surface area contributed by atoms with Crippen LogP contribution in [0.5, 0.6) is 5.75 Å². The van der Waals surface area contributed by atoms with Crippen molar-refractivity contribution < 1.29 is 5.11 Å². The second-order valence-corrected chi connectivity index (χ2v) is 2.74. The quantitative estimate of drug-likeness (QED) is 0.729. The molecule has 0 bridgehead atoms. The maximum absolute atomic E-state index is 9.07. The first-order chi connectivity index (χ1) is 6.27. The number of nitrogens with two attached hydrogens (primary N) is 1. The largest absolute Gasteiger partial charge is 0.508 e. The molecule has 1 heterocycles. The van der Waals surface area contributed by atoms with Gasteiger partial charge in [0.25, 0.3) is 0 Å². The number of H-pyrrole nitrogens is 1. The lowest BCUT2D eigenvalue weighted by Gasteiger charge is -1.98. The molecule has 2 rings (SSSR count). The zero-order valence-electron chi connectivity index (χ0n) is 7.27. The predicted molar refractivity (Wildman–Crippen MR) is 60.4 cm³/mol. The Labute approximate surface area is 91.5 Å². The molecule has 0 spiro atoms. The molecule has 1 aromatic heterocycles. The SMILES string of the molecule is Br.Nc1[nH]ncc1-c1ccc(O)cc1. The van der Waals surface area contributed by atoms with Gasteiger partial charge in [-0.05, 0) is 17.7 Å². The zero-order chi connectivity index (χ0) is 9.26. The van der Waals surface area contributed by atoms with Crippen molar-refractivity contribution in [2.24, 2.45) is 0 Å². The molecule has 0 aliphatic carbocycles. The Hall–Kier alpha value is -1.49. The van der Waals surface area contributed by atoms with E-state index in [0.717, 1.165) is 11.1 Å². The highest BCUT2D eigenvalue weighted by atomic mass is 79.9. The molecular weight excluding hydrogens is 246 g/mol. The predicted octanol–water partition coefficient (Wildman–Crippen LogP) is 1.94. The molecule has 14 heavy (non-hydrogen) atoms. The van der Waals surface area contributed by atoms with Crippen LogP contribution >= 0.6 is 17.0 Å². The van der Waals surface area contributed by atoms with Crippen molar-refractivity contribution in [3.05, 3.63) is 30.5 Å². The van der Waals surface area contributed by atoms with Gasteiger partial charge in [0.15, 0.2) is 0 Å². The highest BCUT2D eigenvalue weighted by molar-refractivity contribution is 8.93. The average molecular weight is 256 g/mol. The van der Waals surface area contributed by atoms with E-state index in [1.54, 1.807) is 30.5 Å². The monoisotopic (exact) mass is 255 g/mol. The minimum absolute atomic E-state index is 0. The molecule has 0 saturated carbocycles. The summed E-state index contributed by atoms with van der Waals surface area (Å²) in [5.74, 6) is 0.775. The lowest BCUT2D eigenvalue weighted by atomic mass is 10.1. The number of phenolic OH excluding ortho intramolecular Hbond substituents is 1. The van der Waals surface area contributed by atoms with Crippen molar-refractivity contribution >= 4 is 22.8 Å². The number of nitrogens with zero attached hydrogens (tertiary/aromatic N) is 1. The number of hydrogen-bond acceptors (Lipinski definition) is 3. The van der Waals surface area contributed by atoms with Crippen molar-refractivity contribution in [1.82, 2.24) is 10.2 Å². The normalized spacial score (nSPS) is 9.43. The van der Waals surface area contributed by atoms with Crippen molar-refractivity contribution in [3.63, 3.8) is 0 Å². The van der Waals surface area contributed by atoms with Gasteiger partial charge in [-0.1, -0.05) is 12.1 Å². The maximum Gasteiger partial charge on any atom is 0.126 e. The molecule has 74 valence electrons. The number of aromatic amines is 1. The Kier molecular flexibility index (Phi) is 3.14. The fourth-order valence-corrected chi connectivity index (χ4v) is 1.17. The smallest absolute Gasteiger partial charge is 0.126 e. The topological polar surface area (TPSA) is 74.9 Å². The summed E-state index contributed by atoms with van der Waals surface area (Å²) in [7, 11) is 0. The first-order valence-electron chi connectivity index (χ1n) is 3.85. The third-order valence-electron chi connectivity index (χ3n) is 1.85. The summed E-state index contributed by atoms with van der Waals surface area (Å²) in [4.78, 5) is 0. The molecule has 4 nitrogen and oxygen atoms in total. The third-order valence-corrected chi connectivity index (χ3v) is 1.85.